The van der Waals surface area contributed by atoms with Crippen LogP contribution in [0.1, 0.15) is 39.0 Å². The molecule has 92 valence electrons. The molecule has 0 heterocycles. The summed E-state index contributed by atoms with van der Waals surface area (Å²) in [4.78, 5) is 22.3. The highest BCUT2D eigenvalue weighted by Gasteiger charge is 2.30. The molecule has 1 saturated carbocycles. The van der Waals surface area contributed by atoms with Crippen molar-refractivity contribution in [3.63, 3.8) is 0 Å². The molecule has 1 aliphatic carbocycles. The Morgan fingerprint density at radius 1 is 1.38 bits per heavy atom. The van der Waals surface area contributed by atoms with E-state index in [1.165, 1.54) is 0 Å². The fraction of sp³-hybridized carbons (Fsp3) is 0.818. The van der Waals surface area contributed by atoms with Crippen molar-refractivity contribution in [3.8, 4) is 0 Å². The standard InChI is InChI=1S/C11H19NO4/c1-2-16-11(15)12-9(10(13)14)8-6-4-3-5-7-8/h8-9H,2-7H2,1H3,(H,12,15)(H,13,14). The van der Waals surface area contributed by atoms with Crippen molar-refractivity contribution in [2.75, 3.05) is 6.61 Å². The molecule has 16 heavy (non-hydrogen) atoms. The molecular formula is C11H19NO4. The third-order valence-electron chi connectivity index (χ3n) is 2.94. The van der Waals surface area contributed by atoms with Crippen LogP contribution >= 0.6 is 0 Å². The van der Waals surface area contributed by atoms with Crippen molar-refractivity contribution >= 4 is 12.1 Å². The van der Waals surface area contributed by atoms with Crippen molar-refractivity contribution in [2.45, 2.75) is 45.1 Å². The van der Waals surface area contributed by atoms with Gasteiger partial charge in [0.05, 0.1) is 6.61 Å². The van der Waals surface area contributed by atoms with Crippen LogP contribution in [0.25, 0.3) is 0 Å². The van der Waals surface area contributed by atoms with E-state index in [9.17, 15) is 9.59 Å². The monoisotopic (exact) mass is 229 g/mol. The fourth-order valence-corrected chi connectivity index (χ4v) is 2.15. The number of carbonyl (C=O) groups excluding carboxylic acids is 1. The SMILES string of the molecule is CCOC(=O)NC(C(=O)O)C1CCCCC1. The van der Waals surface area contributed by atoms with Crippen LogP contribution in [0.5, 0.6) is 0 Å². The van der Waals surface area contributed by atoms with Crippen LogP contribution in [0.15, 0.2) is 0 Å². The van der Waals surface area contributed by atoms with E-state index in [1.807, 2.05) is 0 Å². The fourth-order valence-electron chi connectivity index (χ4n) is 2.15. The van der Waals surface area contributed by atoms with Crippen molar-refractivity contribution < 1.29 is 19.4 Å². The number of nitrogens with one attached hydrogen (secondary N) is 1. The Morgan fingerprint density at radius 2 is 2.00 bits per heavy atom. The van der Waals surface area contributed by atoms with Gasteiger partial charge in [-0.2, -0.15) is 0 Å². The molecule has 1 atom stereocenters. The zero-order valence-corrected chi connectivity index (χ0v) is 9.57. The van der Waals surface area contributed by atoms with Gasteiger partial charge in [0.25, 0.3) is 0 Å². The summed E-state index contributed by atoms with van der Waals surface area (Å²) >= 11 is 0. The lowest BCUT2D eigenvalue weighted by Crippen LogP contribution is -2.46. The Bertz CT molecular complexity index is 246. The van der Waals surface area contributed by atoms with E-state index in [4.69, 9.17) is 9.84 Å². The van der Waals surface area contributed by atoms with E-state index >= 15 is 0 Å². The molecule has 0 aromatic rings. The maximum Gasteiger partial charge on any atom is 0.407 e. The number of carboxylic acids is 1. The average Bonchev–Trinajstić information content (AvgIpc) is 2.27. The lowest BCUT2D eigenvalue weighted by atomic mass is 9.84. The summed E-state index contributed by atoms with van der Waals surface area (Å²) in [5, 5.41) is 11.5. The molecule has 0 saturated heterocycles. The first-order valence-corrected chi connectivity index (χ1v) is 5.81. The van der Waals surface area contributed by atoms with Gasteiger partial charge in [0.15, 0.2) is 0 Å². The Morgan fingerprint density at radius 3 is 2.50 bits per heavy atom. The number of carbonyl (C=O) groups is 2. The van der Waals surface area contributed by atoms with Crippen molar-refractivity contribution in [1.29, 1.82) is 0 Å². The molecule has 1 amide bonds. The number of aliphatic carboxylic acids is 1. The smallest absolute Gasteiger partial charge is 0.407 e. The van der Waals surface area contributed by atoms with Crippen LogP contribution in [0.3, 0.4) is 0 Å². The van der Waals surface area contributed by atoms with Crippen LogP contribution < -0.4 is 5.32 Å². The van der Waals surface area contributed by atoms with Crippen LogP contribution in [0, 0.1) is 5.92 Å². The minimum absolute atomic E-state index is 0.0376. The van der Waals surface area contributed by atoms with E-state index in [0.717, 1.165) is 32.1 Å². The van der Waals surface area contributed by atoms with Gasteiger partial charge in [-0.25, -0.2) is 9.59 Å². The molecule has 0 aromatic heterocycles. The second-order valence-corrected chi connectivity index (χ2v) is 4.08. The predicted octanol–water partition coefficient (Wildman–Crippen LogP) is 1.77. The first-order valence-electron chi connectivity index (χ1n) is 5.81. The summed E-state index contributed by atoms with van der Waals surface area (Å²) in [7, 11) is 0. The number of alkyl carbamates (subject to hydrolysis) is 1. The van der Waals surface area contributed by atoms with Gasteiger partial charge in [0.1, 0.15) is 6.04 Å². The second kappa shape index (κ2) is 6.35. The molecule has 0 bridgehead atoms. The maximum absolute atomic E-state index is 11.2. The minimum atomic E-state index is -0.972. The molecule has 1 rings (SSSR count). The summed E-state index contributed by atoms with van der Waals surface area (Å²) in [5.74, 6) is -0.935. The van der Waals surface area contributed by atoms with Gasteiger partial charge in [-0.05, 0) is 25.7 Å². The summed E-state index contributed by atoms with van der Waals surface area (Å²) < 4.78 is 4.70. The number of amides is 1. The Balaban J connectivity index is 2.52. The number of carboxylic acid groups (broad SMARTS) is 1. The van der Waals surface area contributed by atoms with Gasteiger partial charge < -0.3 is 15.2 Å². The summed E-state index contributed by atoms with van der Waals surface area (Å²) in [6.45, 7) is 1.94. The van der Waals surface area contributed by atoms with Crippen LogP contribution in [-0.4, -0.2) is 29.8 Å². The lowest BCUT2D eigenvalue weighted by molar-refractivity contribution is -0.141. The number of hydrogen-bond donors (Lipinski definition) is 2. The van der Waals surface area contributed by atoms with Crippen LogP contribution in [0.4, 0.5) is 4.79 Å². The largest absolute Gasteiger partial charge is 0.480 e. The zero-order chi connectivity index (χ0) is 12.0. The minimum Gasteiger partial charge on any atom is -0.480 e. The van der Waals surface area contributed by atoms with Gasteiger partial charge in [-0.1, -0.05) is 19.3 Å². The molecule has 5 nitrogen and oxygen atoms in total. The molecule has 0 radical (unpaired) electrons. The first kappa shape index (κ1) is 12.8. The molecule has 0 aliphatic heterocycles. The van der Waals surface area contributed by atoms with Crippen molar-refractivity contribution in [1.82, 2.24) is 5.32 Å². The van der Waals surface area contributed by atoms with Gasteiger partial charge in [-0.15, -0.1) is 0 Å². The third-order valence-corrected chi connectivity index (χ3v) is 2.94. The number of rotatable bonds is 4. The van der Waals surface area contributed by atoms with Gasteiger partial charge >= 0.3 is 12.1 Å². The van der Waals surface area contributed by atoms with Crippen LogP contribution in [0.2, 0.25) is 0 Å². The van der Waals surface area contributed by atoms with Crippen LogP contribution in [-0.2, 0) is 9.53 Å². The third kappa shape index (κ3) is 3.72. The zero-order valence-electron chi connectivity index (χ0n) is 9.57. The molecule has 1 unspecified atom stereocenters. The normalized spacial score (nSPS) is 18.8. The van der Waals surface area contributed by atoms with E-state index in [2.05, 4.69) is 5.32 Å². The molecule has 0 aromatic carbocycles. The van der Waals surface area contributed by atoms with E-state index in [1.54, 1.807) is 6.92 Å². The lowest BCUT2D eigenvalue weighted by Gasteiger charge is -2.27. The highest BCUT2D eigenvalue weighted by Crippen LogP contribution is 2.26. The highest BCUT2D eigenvalue weighted by molar-refractivity contribution is 5.80. The summed E-state index contributed by atoms with van der Waals surface area (Å²) in [6.07, 6.45) is 4.33. The molecule has 1 fully saturated rings. The van der Waals surface area contributed by atoms with Gasteiger partial charge in [0.2, 0.25) is 0 Å². The highest BCUT2D eigenvalue weighted by atomic mass is 16.5. The van der Waals surface area contributed by atoms with Crippen molar-refractivity contribution in [2.24, 2.45) is 5.92 Å². The van der Waals surface area contributed by atoms with E-state index < -0.39 is 18.1 Å². The summed E-state index contributed by atoms with van der Waals surface area (Å²) in [6, 6.07) is -0.806. The van der Waals surface area contributed by atoms with Crippen molar-refractivity contribution in [3.05, 3.63) is 0 Å². The molecule has 1 aliphatic rings. The average molecular weight is 229 g/mol. The maximum atomic E-state index is 11.2. The molecular weight excluding hydrogens is 210 g/mol. The summed E-state index contributed by atoms with van der Waals surface area (Å²) in [5.41, 5.74) is 0. The second-order valence-electron chi connectivity index (χ2n) is 4.08. The Kier molecular flexibility index (Phi) is 5.08. The van der Waals surface area contributed by atoms with E-state index in [0.29, 0.717) is 0 Å². The number of ether oxygens (including phenoxy) is 1. The molecule has 5 heteroatoms. The van der Waals surface area contributed by atoms with Gasteiger partial charge in [-0.3, -0.25) is 0 Å². The molecule has 0 spiro atoms. The molecule has 2 N–H and O–H groups in total. The Hall–Kier alpha value is -1.26. The quantitative estimate of drug-likeness (QED) is 0.770. The topological polar surface area (TPSA) is 75.6 Å². The van der Waals surface area contributed by atoms with E-state index in [-0.39, 0.29) is 12.5 Å². The first-order chi connectivity index (χ1) is 7.65. The Labute approximate surface area is 95.2 Å². The number of hydrogen-bond acceptors (Lipinski definition) is 3. The predicted molar refractivity (Wildman–Crippen MR) is 58.2 cm³/mol. The van der Waals surface area contributed by atoms with Gasteiger partial charge in [0, 0.05) is 0 Å².